The molecule has 0 amide bonds. The van der Waals surface area contributed by atoms with Gasteiger partial charge in [0.05, 0.1) is 0 Å². The van der Waals surface area contributed by atoms with E-state index in [1.54, 1.807) is 19.2 Å². The topological polar surface area (TPSA) is 21.3 Å². The van der Waals surface area contributed by atoms with Crippen molar-refractivity contribution in [3.8, 4) is 11.5 Å². The first-order valence-corrected chi connectivity index (χ1v) is 5.56. The number of nitrogens with one attached hydrogen (secondary N) is 1. The Bertz CT molecular complexity index is 526. The third-order valence-corrected chi connectivity index (χ3v) is 2.47. The SMILES string of the molecule is CNCc1c(F)cccc1Oc1ccc(F)cc1. The molecular weight excluding hydrogens is 236 g/mol. The molecule has 0 aliphatic heterocycles. The first kappa shape index (κ1) is 12.5. The zero-order valence-electron chi connectivity index (χ0n) is 9.91. The lowest BCUT2D eigenvalue weighted by molar-refractivity contribution is 0.462. The molecule has 2 rings (SSSR count). The molecule has 0 heterocycles. The van der Waals surface area contributed by atoms with Gasteiger partial charge in [-0.25, -0.2) is 8.78 Å². The molecule has 18 heavy (non-hydrogen) atoms. The van der Waals surface area contributed by atoms with Crippen LogP contribution in [-0.4, -0.2) is 7.05 Å². The highest BCUT2D eigenvalue weighted by atomic mass is 19.1. The molecule has 0 spiro atoms. The molecule has 0 aliphatic carbocycles. The van der Waals surface area contributed by atoms with Crippen molar-refractivity contribution in [2.45, 2.75) is 6.54 Å². The Morgan fingerprint density at radius 3 is 2.44 bits per heavy atom. The summed E-state index contributed by atoms with van der Waals surface area (Å²) in [7, 11) is 1.73. The summed E-state index contributed by atoms with van der Waals surface area (Å²) in [6.07, 6.45) is 0. The first-order chi connectivity index (χ1) is 8.70. The average molecular weight is 249 g/mol. The predicted octanol–water partition coefficient (Wildman–Crippen LogP) is 3.48. The van der Waals surface area contributed by atoms with Crippen LogP contribution in [-0.2, 0) is 6.54 Å². The zero-order chi connectivity index (χ0) is 13.0. The minimum Gasteiger partial charge on any atom is -0.457 e. The van der Waals surface area contributed by atoms with Gasteiger partial charge in [-0.05, 0) is 43.4 Å². The summed E-state index contributed by atoms with van der Waals surface area (Å²) in [5.41, 5.74) is 0.448. The number of hydrogen-bond donors (Lipinski definition) is 1. The summed E-state index contributed by atoms with van der Waals surface area (Å²) >= 11 is 0. The van der Waals surface area contributed by atoms with E-state index in [2.05, 4.69) is 5.32 Å². The summed E-state index contributed by atoms with van der Waals surface area (Å²) in [6.45, 7) is 0.364. The van der Waals surface area contributed by atoms with Crippen molar-refractivity contribution in [1.29, 1.82) is 0 Å². The monoisotopic (exact) mass is 249 g/mol. The third kappa shape index (κ3) is 2.84. The summed E-state index contributed by atoms with van der Waals surface area (Å²) in [6, 6.07) is 10.2. The molecule has 4 heteroatoms. The van der Waals surface area contributed by atoms with E-state index in [0.29, 0.717) is 23.6 Å². The highest BCUT2D eigenvalue weighted by Gasteiger charge is 2.09. The van der Waals surface area contributed by atoms with Crippen molar-refractivity contribution in [3.05, 3.63) is 59.7 Å². The van der Waals surface area contributed by atoms with E-state index in [0.717, 1.165) is 0 Å². The number of ether oxygens (including phenoxy) is 1. The minimum absolute atomic E-state index is 0.330. The van der Waals surface area contributed by atoms with Crippen molar-refractivity contribution >= 4 is 0 Å². The fourth-order valence-corrected chi connectivity index (χ4v) is 1.61. The Labute approximate surface area is 104 Å². The zero-order valence-corrected chi connectivity index (χ0v) is 9.91. The standard InChI is InChI=1S/C14H13F2NO/c1-17-9-12-13(16)3-2-4-14(12)18-11-7-5-10(15)6-8-11/h2-8,17H,9H2,1H3. The fraction of sp³-hybridized carbons (Fsp3) is 0.143. The van der Waals surface area contributed by atoms with E-state index in [-0.39, 0.29) is 11.6 Å². The van der Waals surface area contributed by atoms with E-state index in [1.807, 2.05) is 0 Å². The van der Waals surface area contributed by atoms with Crippen molar-refractivity contribution < 1.29 is 13.5 Å². The molecule has 0 radical (unpaired) electrons. The van der Waals surface area contributed by atoms with Gasteiger partial charge in [-0.2, -0.15) is 0 Å². The molecule has 2 nitrogen and oxygen atoms in total. The fourth-order valence-electron chi connectivity index (χ4n) is 1.61. The molecule has 2 aromatic rings. The van der Waals surface area contributed by atoms with Gasteiger partial charge in [0.15, 0.2) is 0 Å². The Kier molecular flexibility index (Phi) is 3.89. The normalized spacial score (nSPS) is 10.4. The molecular formula is C14H13F2NO. The Morgan fingerprint density at radius 2 is 1.78 bits per heavy atom. The smallest absolute Gasteiger partial charge is 0.134 e. The van der Waals surface area contributed by atoms with Crippen LogP contribution in [0.1, 0.15) is 5.56 Å². The van der Waals surface area contributed by atoms with Crippen LogP contribution in [0.2, 0.25) is 0 Å². The number of halogens is 2. The summed E-state index contributed by atoms with van der Waals surface area (Å²) in [5.74, 6) is 0.233. The van der Waals surface area contributed by atoms with Gasteiger partial charge < -0.3 is 10.1 Å². The van der Waals surface area contributed by atoms with Gasteiger partial charge in [0.25, 0.3) is 0 Å². The Hall–Kier alpha value is -1.94. The molecule has 0 bridgehead atoms. The molecule has 0 aromatic heterocycles. The Morgan fingerprint density at radius 1 is 1.06 bits per heavy atom. The van der Waals surface area contributed by atoms with Crippen molar-refractivity contribution in [2.24, 2.45) is 0 Å². The first-order valence-electron chi connectivity index (χ1n) is 5.56. The Balaban J connectivity index is 2.28. The van der Waals surface area contributed by atoms with Crippen LogP contribution in [0.4, 0.5) is 8.78 Å². The van der Waals surface area contributed by atoms with Crippen molar-refractivity contribution in [3.63, 3.8) is 0 Å². The maximum absolute atomic E-state index is 13.6. The summed E-state index contributed by atoms with van der Waals surface area (Å²) < 4.78 is 31.9. The van der Waals surface area contributed by atoms with Gasteiger partial charge in [0.1, 0.15) is 23.1 Å². The molecule has 0 saturated heterocycles. The lowest BCUT2D eigenvalue weighted by Crippen LogP contribution is -2.08. The predicted molar refractivity (Wildman–Crippen MR) is 65.6 cm³/mol. The second kappa shape index (κ2) is 5.60. The summed E-state index contributed by atoms with van der Waals surface area (Å²) in [5, 5.41) is 2.88. The van der Waals surface area contributed by atoms with Crippen LogP contribution >= 0.6 is 0 Å². The van der Waals surface area contributed by atoms with E-state index in [9.17, 15) is 8.78 Å². The molecule has 0 unspecified atom stereocenters. The second-order valence-corrected chi connectivity index (χ2v) is 3.80. The van der Waals surface area contributed by atoms with E-state index < -0.39 is 0 Å². The van der Waals surface area contributed by atoms with Crippen LogP contribution in [0.5, 0.6) is 11.5 Å². The number of rotatable bonds is 4. The second-order valence-electron chi connectivity index (χ2n) is 3.80. The van der Waals surface area contributed by atoms with Gasteiger partial charge in [-0.1, -0.05) is 6.07 Å². The van der Waals surface area contributed by atoms with Crippen LogP contribution in [0.15, 0.2) is 42.5 Å². The molecule has 2 aromatic carbocycles. The van der Waals surface area contributed by atoms with Gasteiger partial charge in [-0.15, -0.1) is 0 Å². The van der Waals surface area contributed by atoms with Gasteiger partial charge >= 0.3 is 0 Å². The number of benzene rings is 2. The molecule has 94 valence electrons. The lowest BCUT2D eigenvalue weighted by Gasteiger charge is -2.11. The lowest BCUT2D eigenvalue weighted by atomic mass is 10.2. The minimum atomic E-state index is -0.336. The van der Waals surface area contributed by atoms with Gasteiger partial charge in [-0.3, -0.25) is 0 Å². The van der Waals surface area contributed by atoms with Crippen LogP contribution in [0.25, 0.3) is 0 Å². The molecule has 0 saturated carbocycles. The van der Waals surface area contributed by atoms with Crippen molar-refractivity contribution in [1.82, 2.24) is 5.32 Å². The molecule has 0 atom stereocenters. The highest BCUT2D eigenvalue weighted by Crippen LogP contribution is 2.27. The number of hydrogen-bond acceptors (Lipinski definition) is 2. The quantitative estimate of drug-likeness (QED) is 0.895. The van der Waals surface area contributed by atoms with Crippen LogP contribution < -0.4 is 10.1 Å². The molecule has 1 N–H and O–H groups in total. The van der Waals surface area contributed by atoms with Crippen LogP contribution in [0, 0.1) is 11.6 Å². The largest absolute Gasteiger partial charge is 0.457 e. The van der Waals surface area contributed by atoms with E-state index in [1.165, 1.54) is 30.3 Å². The van der Waals surface area contributed by atoms with E-state index >= 15 is 0 Å². The highest BCUT2D eigenvalue weighted by molar-refractivity contribution is 5.38. The van der Waals surface area contributed by atoms with Crippen LogP contribution in [0.3, 0.4) is 0 Å². The van der Waals surface area contributed by atoms with Gasteiger partial charge in [0, 0.05) is 12.1 Å². The van der Waals surface area contributed by atoms with Crippen molar-refractivity contribution in [2.75, 3.05) is 7.05 Å². The molecule has 0 fully saturated rings. The van der Waals surface area contributed by atoms with E-state index in [4.69, 9.17) is 4.74 Å². The van der Waals surface area contributed by atoms with Gasteiger partial charge in [0.2, 0.25) is 0 Å². The molecule has 0 aliphatic rings. The average Bonchev–Trinajstić information content (AvgIpc) is 2.36. The maximum Gasteiger partial charge on any atom is 0.134 e. The summed E-state index contributed by atoms with van der Waals surface area (Å²) in [4.78, 5) is 0. The third-order valence-electron chi connectivity index (χ3n) is 2.47. The maximum atomic E-state index is 13.6.